The van der Waals surface area contributed by atoms with E-state index in [9.17, 15) is 0 Å². The summed E-state index contributed by atoms with van der Waals surface area (Å²) < 4.78 is 12.1. The fourth-order valence-corrected chi connectivity index (χ4v) is 10.7. The molecule has 0 saturated heterocycles. The minimum Gasteiger partial charge on any atom is -0.455 e. The smallest absolute Gasteiger partial charge is 0.225 e. The quantitative estimate of drug-likeness (QED) is 0.130. The van der Waals surface area contributed by atoms with Gasteiger partial charge in [-0.3, -0.25) is 0 Å². The van der Waals surface area contributed by atoms with Gasteiger partial charge >= 0.3 is 0 Å². The summed E-state index contributed by atoms with van der Waals surface area (Å²) in [5.74, 6) is 0.356. The molecule has 2 atom stereocenters. The van der Waals surface area contributed by atoms with E-state index in [4.69, 9.17) is 11.0 Å². The molecule has 3 nitrogen and oxygen atoms in total. The summed E-state index contributed by atoms with van der Waals surface area (Å²) in [5.41, 5.74) is 16.6. The summed E-state index contributed by atoms with van der Waals surface area (Å²) in [6.45, 7) is 12.3. The van der Waals surface area contributed by atoms with Crippen LogP contribution < -0.4 is 14.3 Å². The molecule has 0 spiro atoms. The molecule has 0 fully saturated rings. The molecule has 10 rings (SSSR count). The Morgan fingerprint density at radius 2 is 1.58 bits per heavy atom. The highest BCUT2D eigenvalue weighted by atomic mass is 28.3. The van der Waals surface area contributed by atoms with Crippen LogP contribution >= 0.6 is 0 Å². The van der Waals surface area contributed by atoms with Gasteiger partial charge in [0.1, 0.15) is 11.2 Å². The largest absolute Gasteiger partial charge is 0.455 e. The first-order chi connectivity index (χ1) is 25.3. The number of pyridine rings is 2. The molecule has 1 aliphatic carbocycles. The maximum atomic E-state index is 7.00. The van der Waals surface area contributed by atoms with Crippen molar-refractivity contribution in [3.05, 3.63) is 144 Å². The summed E-state index contributed by atoms with van der Waals surface area (Å²) in [6.07, 6.45) is 12.4. The molecule has 3 aromatic heterocycles. The first-order valence-corrected chi connectivity index (χ1v) is 22.8. The van der Waals surface area contributed by atoms with Crippen LogP contribution in [-0.2, 0) is 19.3 Å². The van der Waals surface area contributed by atoms with Gasteiger partial charge in [-0.1, -0.05) is 92.4 Å². The number of aryl methyl sites for hydroxylation is 2. The number of aromatic nitrogens is 2. The van der Waals surface area contributed by atoms with Crippen LogP contribution in [0.5, 0.6) is 0 Å². The van der Waals surface area contributed by atoms with Gasteiger partial charge in [-0.05, 0) is 91.1 Å². The summed E-state index contributed by atoms with van der Waals surface area (Å²) in [7, 11) is -1.54. The average Bonchev–Trinajstić information content (AvgIpc) is 3.55. The van der Waals surface area contributed by atoms with Crippen LogP contribution in [0, 0.1) is 0 Å². The summed E-state index contributed by atoms with van der Waals surface area (Å²) in [6, 6.07) is 38.8. The Labute approximate surface area is 307 Å². The third-order valence-corrected chi connectivity index (χ3v) is 14.4. The second-order valence-electron chi connectivity index (χ2n) is 16.4. The van der Waals surface area contributed by atoms with Crippen LogP contribution in [0.15, 0.2) is 127 Å². The van der Waals surface area contributed by atoms with Gasteiger partial charge in [0.15, 0.2) is 24.1 Å². The Morgan fingerprint density at radius 3 is 2.44 bits per heavy atom. The number of fused-ring (bicyclic) bond motifs is 15. The molecule has 2 aliphatic heterocycles. The molecule has 4 aromatic carbocycles. The van der Waals surface area contributed by atoms with E-state index < -0.39 is 8.07 Å². The van der Waals surface area contributed by atoms with Crippen molar-refractivity contribution in [1.82, 2.24) is 0 Å². The van der Waals surface area contributed by atoms with Crippen molar-refractivity contribution in [1.29, 1.82) is 0 Å². The number of rotatable bonds is 2. The first kappa shape index (κ1) is 31.7. The van der Waals surface area contributed by atoms with Crippen LogP contribution in [-0.4, -0.2) is 8.07 Å². The van der Waals surface area contributed by atoms with E-state index in [2.05, 4.69) is 144 Å². The van der Waals surface area contributed by atoms with Crippen molar-refractivity contribution in [3.8, 4) is 33.6 Å². The van der Waals surface area contributed by atoms with Crippen LogP contribution in [0.1, 0.15) is 59.9 Å². The Kier molecular flexibility index (Phi) is 7.30. The normalized spacial score (nSPS) is 18.2. The van der Waals surface area contributed by atoms with Crippen LogP contribution in [0.4, 0.5) is 0 Å². The van der Waals surface area contributed by atoms with Gasteiger partial charge in [-0.25, -0.2) is 0 Å². The molecule has 4 heteroatoms. The summed E-state index contributed by atoms with van der Waals surface area (Å²) in [4.78, 5) is 0. The highest BCUT2D eigenvalue weighted by molar-refractivity contribution is 6.88. The van der Waals surface area contributed by atoms with Gasteiger partial charge in [-0.15, -0.1) is 0 Å². The van der Waals surface area contributed by atoms with E-state index in [1.807, 2.05) is 0 Å². The van der Waals surface area contributed by atoms with E-state index in [0.717, 1.165) is 49.0 Å². The molecule has 52 heavy (non-hydrogen) atoms. The third-order valence-electron chi connectivity index (χ3n) is 12.3. The number of hydrogen-bond donors (Lipinski definition) is 0. The Hall–Kier alpha value is -5.06. The number of nitrogens with zero attached hydrogens (tertiary/aromatic N) is 2. The lowest BCUT2D eigenvalue weighted by Gasteiger charge is -2.32. The van der Waals surface area contributed by atoms with E-state index in [1.165, 1.54) is 84.7 Å². The SMILES string of the molecule is C=C1CC2C(CCc3ccc4c(oc5ccc(-c6ccccc6)cc54)c3-c3c4c(cc[n+]31)CCCC4)c1ccccc1-c1ccc([Si](C)(C)C)c[n+]12. The average molecular weight is 695 g/mol. The van der Waals surface area contributed by atoms with E-state index >= 15 is 0 Å². The molecule has 0 saturated carbocycles. The molecule has 2 unspecified atom stereocenters. The van der Waals surface area contributed by atoms with Crippen LogP contribution in [0.25, 0.3) is 61.3 Å². The fourth-order valence-electron chi connectivity index (χ4n) is 9.62. The van der Waals surface area contributed by atoms with E-state index in [1.54, 1.807) is 0 Å². The molecule has 0 bridgehead atoms. The first-order valence-electron chi connectivity index (χ1n) is 19.3. The highest BCUT2D eigenvalue weighted by Gasteiger charge is 2.44. The van der Waals surface area contributed by atoms with Gasteiger partial charge in [0, 0.05) is 45.1 Å². The summed E-state index contributed by atoms with van der Waals surface area (Å²) >= 11 is 0. The van der Waals surface area contributed by atoms with Crippen molar-refractivity contribution in [3.63, 3.8) is 0 Å². The molecular formula is C48H46N2OSi+2. The minimum absolute atomic E-state index is 0.276. The van der Waals surface area contributed by atoms with Crippen LogP contribution in [0.2, 0.25) is 19.6 Å². The van der Waals surface area contributed by atoms with Gasteiger partial charge < -0.3 is 4.42 Å². The van der Waals surface area contributed by atoms with Gasteiger partial charge in [0.2, 0.25) is 11.4 Å². The monoisotopic (exact) mass is 694 g/mol. The second-order valence-corrected chi connectivity index (χ2v) is 21.5. The predicted octanol–water partition coefficient (Wildman–Crippen LogP) is 10.7. The number of hydrogen-bond acceptors (Lipinski definition) is 1. The number of benzene rings is 4. The number of allylic oxidation sites excluding steroid dienone is 1. The molecule has 7 aromatic rings. The van der Waals surface area contributed by atoms with Gasteiger partial charge in [0.05, 0.1) is 20.1 Å². The van der Waals surface area contributed by atoms with Crippen LogP contribution in [0.3, 0.4) is 0 Å². The lowest BCUT2D eigenvalue weighted by molar-refractivity contribution is -0.719. The lowest BCUT2D eigenvalue weighted by Crippen LogP contribution is -2.53. The van der Waals surface area contributed by atoms with Crippen molar-refractivity contribution >= 4 is 40.9 Å². The summed E-state index contributed by atoms with van der Waals surface area (Å²) in [5, 5.41) is 3.88. The van der Waals surface area contributed by atoms with Gasteiger partial charge in [0.25, 0.3) is 0 Å². The minimum atomic E-state index is -1.54. The lowest BCUT2D eigenvalue weighted by atomic mass is 9.77. The Morgan fingerprint density at radius 1 is 0.750 bits per heavy atom. The molecule has 0 amide bonds. The third kappa shape index (κ3) is 4.98. The Bertz CT molecular complexity index is 2570. The van der Waals surface area contributed by atoms with Crippen molar-refractivity contribution < 1.29 is 13.6 Å². The van der Waals surface area contributed by atoms with Crippen molar-refractivity contribution in [2.24, 2.45) is 0 Å². The zero-order chi connectivity index (χ0) is 35.1. The van der Waals surface area contributed by atoms with Gasteiger partial charge in [-0.2, -0.15) is 9.13 Å². The molecule has 5 heterocycles. The van der Waals surface area contributed by atoms with E-state index in [0.29, 0.717) is 5.92 Å². The molecule has 0 radical (unpaired) electrons. The molecule has 0 N–H and O–H groups in total. The zero-order valence-corrected chi connectivity index (χ0v) is 31.6. The zero-order valence-electron chi connectivity index (χ0n) is 30.6. The highest BCUT2D eigenvalue weighted by Crippen LogP contribution is 2.47. The maximum absolute atomic E-state index is 7.00. The fraction of sp³-hybridized carbons (Fsp3) is 0.250. The standard InChI is InChI=1S/C48H46N2OSi/c1-31-28-44-40(38-16-10-11-17-39(38)43-24-21-36(30-50(43)44)52(2,3)4)22-18-34-19-23-41-42-29-35(32-12-6-5-7-13-32)20-25-45(42)51-48(41)46(34)47-37-15-9-8-14-33(37)26-27-49(31)47/h5-7,10-13,16-17,19-21,23-27,29-30,40,44H,1,8-9,14-15,18,22,28H2,2-4H3/q+2. The molecule has 3 aliphatic rings. The Balaban J connectivity index is 1.21. The van der Waals surface area contributed by atoms with Crippen molar-refractivity contribution in [2.45, 2.75) is 76.5 Å². The predicted molar refractivity (Wildman–Crippen MR) is 217 cm³/mol. The maximum Gasteiger partial charge on any atom is 0.225 e. The molecule has 256 valence electrons. The topological polar surface area (TPSA) is 20.9 Å². The molecular weight excluding hydrogens is 649 g/mol. The number of furan rings is 1. The van der Waals surface area contributed by atoms with E-state index in [-0.39, 0.29) is 6.04 Å². The second kappa shape index (κ2) is 12.0. The van der Waals surface area contributed by atoms with Crippen molar-refractivity contribution in [2.75, 3.05) is 0 Å².